The smallest absolute Gasteiger partial charge is 0.323 e. The van der Waals surface area contributed by atoms with Crippen LogP contribution in [0, 0.1) is 0 Å². The van der Waals surface area contributed by atoms with Crippen LogP contribution in [-0.2, 0) is 14.3 Å². The Morgan fingerprint density at radius 1 is 1.57 bits per heavy atom. The SMILES string of the molecule is COC(=O)C(N)CSCNC(C)=O.Cl. The van der Waals surface area contributed by atoms with Gasteiger partial charge in [-0.3, -0.25) is 9.59 Å². The lowest BCUT2D eigenvalue weighted by Gasteiger charge is -2.08. The van der Waals surface area contributed by atoms with Crippen LogP contribution in [-0.4, -0.2) is 36.7 Å². The molecule has 0 aromatic carbocycles. The molecule has 0 heterocycles. The summed E-state index contributed by atoms with van der Waals surface area (Å²) in [4.78, 5) is 21.2. The van der Waals surface area contributed by atoms with Gasteiger partial charge in [0.15, 0.2) is 0 Å². The molecule has 1 amide bonds. The van der Waals surface area contributed by atoms with Crippen molar-refractivity contribution in [1.82, 2.24) is 5.32 Å². The van der Waals surface area contributed by atoms with E-state index in [0.29, 0.717) is 11.6 Å². The molecule has 7 heteroatoms. The van der Waals surface area contributed by atoms with Gasteiger partial charge in [-0.05, 0) is 0 Å². The highest BCUT2D eigenvalue weighted by Gasteiger charge is 2.12. The molecule has 0 aliphatic heterocycles. The predicted octanol–water partition coefficient (Wildman–Crippen LogP) is -0.265. The molecule has 0 saturated carbocycles. The Labute approximate surface area is 93.5 Å². The van der Waals surface area contributed by atoms with Gasteiger partial charge in [-0.15, -0.1) is 24.2 Å². The van der Waals surface area contributed by atoms with Crippen molar-refractivity contribution in [2.24, 2.45) is 5.73 Å². The normalized spacial score (nSPS) is 11.1. The summed E-state index contributed by atoms with van der Waals surface area (Å²) in [6.07, 6.45) is 0. The Kier molecular flexibility index (Phi) is 10.4. The molecule has 14 heavy (non-hydrogen) atoms. The Hall–Kier alpha value is -0.460. The van der Waals surface area contributed by atoms with E-state index in [9.17, 15) is 9.59 Å². The van der Waals surface area contributed by atoms with Crippen LogP contribution < -0.4 is 11.1 Å². The zero-order valence-corrected chi connectivity index (χ0v) is 9.74. The van der Waals surface area contributed by atoms with E-state index in [1.165, 1.54) is 25.8 Å². The number of amides is 1. The molecular weight excluding hydrogens is 228 g/mol. The standard InChI is InChI=1S/C7H14N2O3S.ClH/c1-5(10)9-4-13-3-6(8)7(11)12-2;/h6H,3-4,8H2,1-2H3,(H,9,10);1H. The number of carbonyl (C=O) groups is 2. The van der Waals surface area contributed by atoms with Gasteiger partial charge in [0.05, 0.1) is 13.0 Å². The fourth-order valence-electron chi connectivity index (χ4n) is 0.558. The third kappa shape index (κ3) is 8.15. The fourth-order valence-corrected chi connectivity index (χ4v) is 1.37. The van der Waals surface area contributed by atoms with Crippen molar-refractivity contribution in [3.05, 3.63) is 0 Å². The number of hydrogen-bond acceptors (Lipinski definition) is 5. The molecule has 0 aromatic rings. The number of hydrogen-bond donors (Lipinski definition) is 2. The lowest BCUT2D eigenvalue weighted by atomic mass is 10.4. The predicted molar refractivity (Wildman–Crippen MR) is 58.4 cm³/mol. The molecule has 0 aliphatic rings. The van der Waals surface area contributed by atoms with Gasteiger partial charge in [-0.25, -0.2) is 0 Å². The van der Waals surface area contributed by atoms with Crippen molar-refractivity contribution in [2.75, 3.05) is 18.7 Å². The minimum atomic E-state index is -0.622. The number of methoxy groups -OCH3 is 1. The third-order valence-electron chi connectivity index (χ3n) is 1.22. The fraction of sp³-hybridized carbons (Fsp3) is 0.714. The van der Waals surface area contributed by atoms with Gasteiger partial charge in [0.25, 0.3) is 0 Å². The second-order valence-corrected chi connectivity index (χ2v) is 3.41. The van der Waals surface area contributed by atoms with Gasteiger partial charge in [-0.2, -0.15) is 0 Å². The highest BCUT2D eigenvalue weighted by atomic mass is 35.5. The molecule has 0 aromatic heterocycles. The summed E-state index contributed by atoms with van der Waals surface area (Å²) < 4.78 is 4.43. The van der Waals surface area contributed by atoms with E-state index < -0.39 is 12.0 Å². The molecule has 0 radical (unpaired) electrons. The molecule has 0 aliphatic carbocycles. The van der Waals surface area contributed by atoms with Crippen LogP contribution in [0.3, 0.4) is 0 Å². The van der Waals surface area contributed by atoms with Crippen LogP contribution in [0.1, 0.15) is 6.92 Å². The van der Waals surface area contributed by atoms with Crippen molar-refractivity contribution in [1.29, 1.82) is 0 Å². The zero-order valence-electron chi connectivity index (χ0n) is 8.11. The third-order valence-corrected chi connectivity index (χ3v) is 2.17. The lowest BCUT2D eigenvalue weighted by molar-refractivity contribution is -0.141. The number of nitrogens with two attached hydrogens (primary N) is 1. The summed E-state index contributed by atoms with van der Waals surface area (Å²) in [6, 6.07) is -0.622. The van der Waals surface area contributed by atoms with E-state index in [4.69, 9.17) is 5.73 Å². The minimum Gasteiger partial charge on any atom is -0.468 e. The van der Waals surface area contributed by atoms with Crippen molar-refractivity contribution in [3.8, 4) is 0 Å². The minimum absolute atomic E-state index is 0. The summed E-state index contributed by atoms with van der Waals surface area (Å²) in [5.41, 5.74) is 5.44. The first-order valence-corrected chi connectivity index (χ1v) is 4.89. The van der Waals surface area contributed by atoms with Crippen LogP contribution >= 0.6 is 24.2 Å². The first-order chi connectivity index (χ1) is 6.07. The van der Waals surface area contributed by atoms with Gasteiger partial charge >= 0.3 is 5.97 Å². The molecule has 5 nitrogen and oxygen atoms in total. The number of halogens is 1. The number of esters is 1. The Morgan fingerprint density at radius 3 is 2.57 bits per heavy atom. The molecule has 0 rings (SSSR count). The average molecular weight is 243 g/mol. The monoisotopic (exact) mass is 242 g/mol. The van der Waals surface area contributed by atoms with Crippen LogP contribution in [0.25, 0.3) is 0 Å². The molecule has 1 unspecified atom stereocenters. The maximum atomic E-state index is 10.8. The molecule has 0 saturated heterocycles. The molecule has 0 bridgehead atoms. The van der Waals surface area contributed by atoms with E-state index in [-0.39, 0.29) is 18.3 Å². The van der Waals surface area contributed by atoms with Crippen LogP contribution in [0.4, 0.5) is 0 Å². The molecular formula is C7H15ClN2O3S. The van der Waals surface area contributed by atoms with Gasteiger partial charge in [0.2, 0.25) is 5.91 Å². The average Bonchev–Trinajstić information content (AvgIpc) is 2.10. The topological polar surface area (TPSA) is 81.4 Å². The van der Waals surface area contributed by atoms with Crippen molar-refractivity contribution in [2.45, 2.75) is 13.0 Å². The van der Waals surface area contributed by atoms with E-state index in [1.54, 1.807) is 0 Å². The quantitative estimate of drug-likeness (QED) is 0.394. The van der Waals surface area contributed by atoms with E-state index in [0.717, 1.165) is 0 Å². The molecule has 0 spiro atoms. The first kappa shape index (κ1) is 16.0. The number of nitrogens with one attached hydrogen (secondary N) is 1. The van der Waals surface area contributed by atoms with Crippen LogP contribution in [0.2, 0.25) is 0 Å². The summed E-state index contributed by atoms with van der Waals surface area (Å²) >= 11 is 1.38. The Morgan fingerprint density at radius 2 is 2.14 bits per heavy atom. The van der Waals surface area contributed by atoms with Crippen molar-refractivity contribution >= 4 is 36.0 Å². The molecule has 1 atom stereocenters. The maximum absolute atomic E-state index is 10.8. The van der Waals surface area contributed by atoms with Gasteiger partial charge in [0.1, 0.15) is 6.04 Å². The molecule has 3 N–H and O–H groups in total. The second kappa shape index (κ2) is 9.11. The number of rotatable bonds is 5. The highest BCUT2D eigenvalue weighted by Crippen LogP contribution is 2.00. The maximum Gasteiger partial charge on any atom is 0.323 e. The van der Waals surface area contributed by atoms with Crippen molar-refractivity contribution in [3.63, 3.8) is 0 Å². The summed E-state index contributed by atoms with van der Waals surface area (Å²) in [5.74, 6) is 0.363. The highest BCUT2D eigenvalue weighted by molar-refractivity contribution is 7.99. The van der Waals surface area contributed by atoms with E-state index in [2.05, 4.69) is 10.1 Å². The lowest BCUT2D eigenvalue weighted by Crippen LogP contribution is -2.34. The number of carbonyl (C=O) groups excluding carboxylic acids is 2. The second-order valence-electron chi connectivity index (χ2n) is 2.38. The molecule has 84 valence electrons. The first-order valence-electron chi connectivity index (χ1n) is 3.73. The van der Waals surface area contributed by atoms with E-state index in [1.807, 2.05) is 0 Å². The van der Waals surface area contributed by atoms with Gasteiger partial charge in [0, 0.05) is 12.7 Å². The number of thioether (sulfide) groups is 1. The van der Waals surface area contributed by atoms with Crippen molar-refractivity contribution < 1.29 is 14.3 Å². The largest absolute Gasteiger partial charge is 0.468 e. The van der Waals surface area contributed by atoms with Crippen LogP contribution in [0.5, 0.6) is 0 Å². The van der Waals surface area contributed by atoms with Gasteiger partial charge in [-0.1, -0.05) is 0 Å². The van der Waals surface area contributed by atoms with Gasteiger partial charge < -0.3 is 15.8 Å². The molecule has 0 fully saturated rings. The van der Waals surface area contributed by atoms with Crippen LogP contribution in [0.15, 0.2) is 0 Å². The zero-order chi connectivity index (χ0) is 10.3. The number of ether oxygens (including phenoxy) is 1. The van der Waals surface area contributed by atoms with E-state index >= 15 is 0 Å². The Bertz CT molecular complexity index is 192. The summed E-state index contributed by atoms with van der Waals surface area (Å²) in [7, 11) is 1.29. The summed E-state index contributed by atoms with van der Waals surface area (Å²) in [5, 5.41) is 2.57. The summed E-state index contributed by atoms with van der Waals surface area (Å²) in [6.45, 7) is 1.43. The Balaban J connectivity index is 0.